The molecule has 1 aliphatic heterocycles. The molecule has 0 amide bonds. The van der Waals surface area contributed by atoms with Gasteiger partial charge in [-0.05, 0) is 52.0 Å². The molecule has 0 unspecified atom stereocenters. The van der Waals surface area contributed by atoms with E-state index in [4.69, 9.17) is 0 Å². The fourth-order valence-corrected chi connectivity index (χ4v) is 5.54. The summed E-state index contributed by atoms with van der Waals surface area (Å²) < 4.78 is 0. The predicted molar refractivity (Wildman–Crippen MR) is 115 cm³/mol. The van der Waals surface area contributed by atoms with Crippen LogP contribution < -0.4 is 22.2 Å². The highest BCUT2D eigenvalue weighted by Gasteiger charge is 2.23. The van der Waals surface area contributed by atoms with E-state index in [2.05, 4.69) is 79.7 Å². The van der Waals surface area contributed by atoms with Crippen molar-refractivity contribution >= 4 is 35.0 Å². The largest absolute Gasteiger partial charge is 1.00 e. The van der Waals surface area contributed by atoms with Crippen LogP contribution in [-0.4, -0.2) is 41.7 Å². The van der Waals surface area contributed by atoms with Crippen molar-refractivity contribution in [3.63, 3.8) is 0 Å². The molecule has 2 aromatic rings. The van der Waals surface area contributed by atoms with Gasteiger partial charge in [-0.15, -0.1) is 0 Å². The smallest absolute Gasteiger partial charge is 0.147 e. The number of thioether (sulfide) groups is 1. The number of benzene rings is 1. The first-order chi connectivity index (χ1) is 12.6. The molecule has 3 nitrogen and oxygen atoms in total. The number of nitrogens with one attached hydrogen (secondary N) is 1. The summed E-state index contributed by atoms with van der Waals surface area (Å²) in [6.45, 7) is 11.5. The fourth-order valence-electron chi connectivity index (χ4n) is 3.58. The number of fused-ring (bicyclic) bond motifs is 2. The zero-order valence-corrected chi connectivity index (χ0v) is 19.0. The van der Waals surface area contributed by atoms with Crippen LogP contribution in [-0.2, 0) is 0 Å². The summed E-state index contributed by atoms with van der Waals surface area (Å²) in [6.07, 6.45) is 1.90. The molecule has 0 bridgehead atoms. The molecular formula is C21H30ClN3S2. The lowest BCUT2D eigenvalue weighted by Crippen LogP contribution is -3.18. The molecule has 0 spiro atoms. The van der Waals surface area contributed by atoms with Gasteiger partial charge in [0, 0.05) is 29.1 Å². The van der Waals surface area contributed by atoms with Crippen molar-refractivity contribution in [2.75, 3.05) is 29.5 Å². The number of pyridine rings is 1. The minimum absolute atomic E-state index is 0. The molecule has 1 aromatic carbocycles. The molecule has 3 rings (SSSR count). The molecular weight excluding hydrogens is 394 g/mol. The van der Waals surface area contributed by atoms with Gasteiger partial charge in [0.15, 0.2) is 0 Å². The number of halogens is 1. The average molecular weight is 424 g/mol. The summed E-state index contributed by atoms with van der Waals surface area (Å²) in [5.74, 6) is 3.44. The SMILES string of the molecule is CC(C)[NH+](CCSCCN1c2ccccc2Sc2cccnc21)C(C)C.[Cl-]. The number of hydrogen-bond donors (Lipinski definition) is 1. The second kappa shape index (κ2) is 10.6. The van der Waals surface area contributed by atoms with Crippen LogP contribution in [0.3, 0.4) is 0 Å². The minimum atomic E-state index is 0. The standard InChI is InChI=1S/C21H29N3S2.ClH/c1-16(2)23(17(3)4)12-14-25-15-13-24-18-8-5-6-9-19(18)26-20-10-7-11-22-21(20)24;/h5-11,16-17H,12-15H2,1-4H3;1H. The highest BCUT2D eigenvalue weighted by molar-refractivity contribution is 7.99. The molecule has 0 saturated carbocycles. The van der Waals surface area contributed by atoms with E-state index in [0.717, 1.165) is 18.1 Å². The molecule has 0 aliphatic carbocycles. The second-order valence-corrected chi connectivity index (χ2v) is 9.60. The highest BCUT2D eigenvalue weighted by atomic mass is 35.5. The quantitative estimate of drug-likeness (QED) is 0.642. The van der Waals surface area contributed by atoms with Crippen LogP contribution >= 0.6 is 23.5 Å². The normalized spacial score (nSPS) is 12.9. The van der Waals surface area contributed by atoms with Gasteiger partial charge >= 0.3 is 0 Å². The Morgan fingerprint density at radius 1 is 1.00 bits per heavy atom. The molecule has 0 saturated heterocycles. The maximum absolute atomic E-state index is 4.66. The lowest BCUT2D eigenvalue weighted by molar-refractivity contribution is -0.939. The topological polar surface area (TPSA) is 20.6 Å². The van der Waals surface area contributed by atoms with Gasteiger partial charge in [0.2, 0.25) is 0 Å². The van der Waals surface area contributed by atoms with Crippen LogP contribution in [0.2, 0.25) is 0 Å². The molecule has 1 aromatic heterocycles. The van der Waals surface area contributed by atoms with Gasteiger partial charge in [0.05, 0.1) is 29.2 Å². The molecule has 148 valence electrons. The zero-order chi connectivity index (χ0) is 18.5. The number of hydrogen-bond acceptors (Lipinski definition) is 4. The molecule has 6 heteroatoms. The van der Waals surface area contributed by atoms with Crippen molar-refractivity contribution in [2.45, 2.75) is 49.6 Å². The first-order valence-electron chi connectivity index (χ1n) is 9.50. The van der Waals surface area contributed by atoms with Gasteiger partial charge in [0.1, 0.15) is 5.82 Å². The van der Waals surface area contributed by atoms with E-state index in [9.17, 15) is 0 Å². The van der Waals surface area contributed by atoms with E-state index in [-0.39, 0.29) is 12.4 Å². The molecule has 27 heavy (non-hydrogen) atoms. The Bertz CT molecular complexity index is 671. The maximum atomic E-state index is 4.66. The van der Waals surface area contributed by atoms with E-state index >= 15 is 0 Å². The number of para-hydroxylation sites is 1. The number of nitrogens with zero attached hydrogens (tertiary/aromatic N) is 2. The third kappa shape index (κ3) is 5.57. The van der Waals surface area contributed by atoms with E-state index in [1.807, 2.05) is 24.0 Å². The van der Waals surface area contributed by atoms with Crippen LogP contribution in [0.25, 0.3) is 0 Å². The molecule has 1 N–H and O–H groups in total. The van der Waals surface area contributed by atoms with Crippen LogP contribution in [0.4, 0.5) is 11.5 Å². The minimum Gasteiger partial charge on any atom is -1.00 e. The Morgan fingerprint density at radius 3 is 2.44 bits per heavy atom. The fraction of sp³-hybridized carbons (Fsp3) is 0.476. The van der Waals surface area contributed by atoms with Gasteiger partial charge in [-0.3, -0.25) is 0 Å². The van der Waals surface area contributed by atoms with Crippen molar-refractivity contribution in [3.05, 3.63) is 42.6 Å². The van der Waals surface area contributed by atoms with Gasteiger partial charge in [-0.25, -0.2) is 4.98 Å². The Hall–Kier alpha value is -0.880. The summed E-state index contributed by atoms with van der Waals surface area (Å²) in [7, 11) is 0. The zero-order valence-electron chi connectivity index (χ0n) is 16.6. The van der Waals surface area contributed by atoms with E-state index in [0.29, 0.717) is 12.1 Å². The molecule has 0 atom stereocenters. The van der Waals surface area contributed by atoms with Gasteiger partial charge in [-0.2, -0.15) is 11.8 Å². The lowest BCUT2D eigenvalue weighted by atomic mass is 10.2. The van der Waals surface area contributed by atoms with Crippen LogP contribution in [0.5, 0.6) is 0 Å². The van der Waals surface area contributed by atoms with Gasteiger partial charge < -0.3 is 22.2 Å². The van der Waals surface area contributed by atoms with Crippen molar-refractivity contribution in [1.29, 1.82) is 0 Å². The molecule has 2 heterocycles. The lowest BCUT2D eigenvalue weighted by Gasteiger charge is -2.31. The van der Waals surface area contributed by atoms with E-state index < -0.39 is 0 Å². The molecule has 0 radical (unpaired) electrons. The highest BCUT2D eigenvalue weighted by Crippen LogP contribution is 2.46. The predicted octanol–water partition coefficient (Wildman–Crippen LogP) is 1.12. The van der Waals surface area contributed by atoms with Crippen molar-refractivity contribution in [2.24, 2.45) is 0 Å². The summed E-state index contributed by atoms with van der Waals surface area (Å²) in [5, 5.41) is 0. The van der Waals surface area contributed by atoms with E-state index in [1.54, 1.807) is 4.90 Å². The van der Waals surface area contributed by atoms with Crippen LogP contribution in [0, 0.1) is 0 Å². The van der Waals surface area contributed by atoms with Crippen LogP contribution in [0.15, 0.2) is 52.4 Å². The Balaban J connectivity index is 0.00000261. The Labute approximate surface area is 178 Å². The van der Waals surface area contributed by atoms with Gasteiger partial charge in [0.25, 0.3) is 0 Å². The third-order valence-corrected chi connectivity index (χ3v) is 6.93. The average Bonchev–Trinajstić information content (AvgIpc) is 2.63. The summed E-state index contributed by atoms with van der Waals surface area (Å²) in [4.78, 5) is 11.3. The van der Waals surface area contributed by atoms with Crippen molar-refractivity contribution in [1.82, 2.24) is 4.98 Å². The number of quaternary nitrogens is 1. The maximum Gasteiger partial charge on any atom is 0.147 e. The van der Waals surface area contributed by atoms with Crippen LogP contribution in [0.1, 0.15) is 27.7 Å². The van der Waals surface area contributed by atoms with Crippen molar-refractivity contribution < 1.29 is 17.3 Å². The van der Waals surface area contributed by atoms with E-state index in [1.165, 1.54) is 27.8 Å². The van der Waals surface area contributed by atoms with Crippen molar-refractivity contribution in [3.8, 4) is 0 Å². The number of rotatable bonds is 8. The Morgan fingerprint density at radius 2 is 1.70 bits per heavy atom. The Kier molecular flexibility index (Phi) is 8.80. The first-order valence-corrected chi connectivity index (χ1v) is 11.5. The monoisotopic (exact) mass is 423 g/mol. The summed E-state index contributed by atoms with van der Waals surface area (Å²) >= 11 is 3.89. The summed E-state index contributed by atoms with van der Waals surface area (Å²) in [5.41, 5.74) is 1.29. The molecule has 1 aliphatic rings. The molecule has 0 fully saturated rings. The van der Waals surface area contributed by atoms with Gasteiger partial charge in [-0.1, -0.05) is 23.9 Å². The third-order valence-electron chi connectivity index (χ3n) is 4.86. The summed E-state index contributed by atoms with van der Waals surface area (Å²) in [6, 6.07) is 14.3. The second-order valence-electron chi connectivity index (χ2n) is 7.29. The first kappa shape index (κ1) is 22.4. The number of anilines is 2. The number of aromatic nitrogens is 1.